The highest BCUT2D eigenvalue weighted by Crippen LogP contribution is 2.26. The summed E-state index contributed by atoms with van der Waals surface area (Å²) in [5.74, 6) is 0.00201. The average Bonchev–Trinajstić information content (AvgIpc) is 2.64. The number of aryl methyl sites for hydroxylation is 2. The highest BCUT2D eigenvalue weighted by Gasteiger charge is 2.12. The smallest absolute Gasteiger partial charge is 0.192 e. The number of hydrogen-bond donors (Lipinski definition) is 2. The van der Waals surface area contributed by atoms with E-state index in [1.165, 1.54) is 18.1 Å². The molecule has 0 aliphatic carbocycles. The normalized spacial score (nSPS) is 10.5. The lowest BCUT2D eigenvalue weighted by Crippen LogP contribution is -2.13. The molecule has 0 radical (unpaired) electrons. The van der Waals surface area contributed by atoms with Gasteiger partial charge < -0.3 is 5.73 Å². The van der Waals surface area contributed by atoms with E-state index in [4.69, 9.17) is 11.1 Å². The molecule has 0 aliphatic heterocycles. The summed E-state index contributed by atoms with van der Waals surface area (Å²) in [6.45, 7) is 1.89. The lowest BCUT2D eigenvalue weighted by molar-refractivity contribution is 0.684. The molecule has 0 spiro atoms. The van der Waals surface area contributed by atoms with Crippen LogP contribution >= 0.6 is 11.8 Å². The minimum absolute atomic E-state index is 0.00201. The van der Waals surface area contributed by atoms with Gasteiger partial charge in [-0.15, -0.1) is 0 Å². The standard InChI is InChI=1S/C10H12N6S/c1-6-3-4-7(8(11)12)9(15-6)17-10-13-5-14-16(10)2/h3-5H,1-2H3,(H3,11,12). The Morgan fingerprint density at radius 3 is 2.82 bits per heavy atom. The Labute approximate surface area is 103 Å². The van der Waals surface area contributed by atoms with E-state index >= 15 is 0 Å². The van der Waals surface area contributed by atoms with Gasteiger partial charge in [-0.2, -0.15) is 5.10 Å². The first-order chi connectivity index (χ1) is 8.08. The lowest BCUT2D eigenvalue weighted by Gasteiger charge is -2.06. The second-order valence-corrected chi connectivity index (χ2v) is 4.44. The van der Waals surface area contributed by atoms with Crippen LogP contribution in [0.5, 0.6) is 0 Å². The van der Waals surface area contributed by atoms with Crippen LogP contribution in [0, 0.1) is 12.3 Å². The maximum atomic E-state index is 7.51. The van der Waals surface area contributed by atoms with Gasteiger partial charge in [-0.3, -0.25) is 5.41 Å². The van der Waals surface area contributed by atoms with Gasteiger partial charge in [0.2, 0.25) is 0 Å². The van der Waals surface area contributed by atoms with Crippen molar-refractivity contribution in [3.8, 4) is 0 Å². The maximum absolute atomic E-state index is 7.51. The van der Waals surface area contributed by atoms with Crippen molar-refractivity contribution in [2.24, 2.45) is 12.8 Å². The molecule has 2 aromatic heterocycles. The topological polar surface area (TPSA) is 93.5 Å². The van der Waals surface area contributed by atoms with E-state index in [0.717, 1.165) is 5.69 Å². The molecule has 2 heterocycles. The summed E-state index contributed by atoms with van der Waals surface area (Å²) in [4.78, 5) is 8.48. The second kappa shape index (κ2) is 4.54. The van der Waals surface area contributed by atoms with E-state index in [-0.39, 0.29) is 5.84 Å². The third-order valence-electron chi connectivity index (χ3n) is 2.15. The molecule has 2 aromatic rings. The van der Waals surface area contributed by atoms with Crippen LogP contribution in [-0.4, -0.2) is 25.6 Å². The van der Waals surface area contributed by atoms with Crippen molar-refractivity contribution in [3.63, 3.8) is 0 Å². The van der Waals surface area contributed by atoms with Crippen LogP contribution in [0.2, 0.25) is 0 Å². The summed E-state index contributed by atoms with van der Waals surface area (Å²) < 4.78 is 1.65. The van der Waals surface area contributed by atoms with Crippen molar-refractivity contribution >= 4 is 17.6 Å². The molecule has 0 bridgehead atoms. The van der Waals surface area contributed by atoms with Crippen molar-refractivity contribution in [2.75, 3.05) is 0 Å². The van der Waals surface area contributed by atoms with Crippen LogP contribution in [0.25, 0.3) is 0 Å². The Kier molecular flexibility index (Phi) is 3.10. The summed E-state index contributed by atoms with van der Waals surface area (Å²) in [5, 5.41) is 12.9. The Morgan fingerprint density at radius 2 is 2.24 bits per heavy atom. The number of pyridine rings is 1. The van der Waals surface area contributed by atoms with Gasteiger partial charge in [0.25, 0.3) is 0 Å². The molecule has 0 aromatic carbocycles. The summed E-state index contributed by atoms with van der Waals surface area (Å²) in [5.41, 5.74) is 7.01. The predicted molar refractivity (Wildman–Crippen MR) is 65.1 cm³/mol. The van der Waals surface area contributed by atoms with Crippen molar-refractivity contribution in [3.05, 3.63) is 29.7 Å². The van der Waals surface area contributed by atoms with Crippen LogP contribution in [0.1, 0.15) is 11.3 Å². The highest BCUT2D eigenvalue weighted by atomic mass is 32.2. The van der Waals surface area contributed by atoms with Gasteiger partial charge in [0.1, 0.15) is 17.2 Å². The number of nitrogens with one attached hydrogen (secondary N) is 1. The van der Waals surface area contributed by atoms with Crippen LogP contribution < -0.4 is 5.73 Å². The third kappa shape index (κ3) is 2.44. The molecule has 0 fully saturated rings. The molecule has 0 unspecified atom stereocenters. The van der Waals surface area contributed by atoms with Crippen LogP contribution in [-0.2, 0) is 7.05 Å². The highest BCUT2D eigenvalue weighted by molar-refractivity contribution is 7.99. The SMILES string of the molecule is Cc1ccc(C(=N)N)c(Sc2ncnn2C)n1. The number of rotatable bonds is 3. The third-order valence-corrected chi connectivity index (χ3v) is 3.20. The Bertz CT molecular complexity index is 562. The monoisotopic (exact) mass is 248 g/mol. The van der Waals surface area contributed by atoms with Gasteiger partial charge in [-0.1, -0.05) is 0 Å². The molecular formula is C10H12N6S. The van der Waals surface area contributed by atoms with Crippen LogP contribution in [0.3, 0.4) is 0 Å². The van der Waals surface area contributed by atoms with E-state index in [2.05, 4.69) is 15.1 Å². The molecule has 88 valence electrons. The summed E-state index contributed by atoms with van der Waals surface area (Å²) >= 11 is 1.35. The van der Waals surface area contributed by atoms with E-state index in [1.807, 2.05) is 13.0 Å². The van der Waals surface area contributed by atoms with Gasteiger partial charge in [-0.05, 0) is 30.8 Å². The van der Waals surface area contributed by atoms with Gasteiger partial charge >= 0.3 is 0 Å². The van der Waals surface area contributed by atoms with Crippen molar-refractivity contribution in [1.82, 2.24) is 19.7 Å². The zero-order valence-corrected chi connectivity index (χ0v) is 10.3. The lowest BCUT2D eigenvalue weighted by atomic mass is 10.2. The summed E-state index contributed by atoms with van der Waals surface area (Å²) in [6, 6.07) is 3.63. The fourth-order valence-corrected chi connectivity index (χ4v) is 2.21. The van der Waals surface area contributed by atoms with Gasteiger partial charge in [0.15, 0.2) is 5.16 Å². The van der Waals surface area contributed by atoms with Crippen molar-refractivity contribution in [2.45, 2.75) is 17.1 Å². The van der Waals surface area contributed by atoms with Gasteiger partial charge in [0, 0.05) is 18.3 Å². The zero-order chi connectivity index (χ0) is 12.4. The molecule has 3 N–H and O–H groups in total. The number of nitrogen functional groups attached to an aromatic ring is 1. The number of hydrogen-bond acceptors (Lipinski definition) is 5. The van der Waals surface area contributed by atoms with Gasteiger partial charge in [-0.25, -0.2) is 14.6 Å². The van der Waals surface area contributed by atoms with Crippen LogP contribution in [0.4, 0.5) is 0 Å². The maximum Gasteiger partial charge on any atom is 0.192 e. The minimum atomic E-state index is 0.00201. The molecule has 0 aliphatic rings. The molecular weight excluding hydrogens is 236 g/mol. The molecule has 0 saturated heterocycles. The van der Waals surface area contributed by atoms with Crippen molar-refractivity contribution in [1.29, 1.82) is 5.41 Å². The first-order valence-corrected chi connectivity index (χ1v) is 5.73. The Balaban J connectivity index is 2.41. The van der Waals surface area contributed by atoms with Gasteiger partial charge in [0.05, 0.1) is 0 Å². The number of nitrogens with two attached hydrogens (primary N) is 1. The summed E-state index contributed by atoms with van der Waals surface area (Å²) in [7, 11) is 1.80. The van der Waals surface area contributed by atoms with Crippen LogP contribution in [0.15, 0.2) is 28.6 Å². The molecule has 6 nitrogen and oxygen atoms in total. The summed E-state index contributed by atoms with van der Waals surface area (Å²) in [6.07, 6.45) is 1.48. The number of nitrogens with zero attached hydrogens (tertiary/aromatic N) is 4. The molecule has 17 heavy (non-hydrogen) atoms. The fraction of sp³-hybridized carbons (Fsp3) is 0.200. The second-order valence-electron chi connectivity index (χ2n) is 3.49. The molecule has 0 amide bonds. The fourth-order valence-electron chi connectivity index (χ4n) is 1.28. The van der Waals surface area contributed by atoms with E-state index < -0.39 is 0 Å². The first-order valence-electron chi connectivity index (χ1n) is 4.92. The zero-order valence-electron chi connectivity index (χ0n) is 9.51. The molecule has 0 saturated carbocycles. The molecule has 7 heteroatoms. The number of amidine groups is 1. The quantitative estimate of drug-likeness (QED) is 0.623. The van der Waals surface area contributed by atoms with E-state index in [9.17, 15) is 0 Å². The Morgan fingerprint density at radius 1 is 1.47 bits per heavy atom. The first kappa shape index (κ1) is 11.6. The largest absolute Gasteiger partial charge is 0.384 e. The number of aromatic nitrogens is 4. The van der Waals surface area contributed by atoms with E-state index in [1.54, 1.807) is 17.8 Å². The minimum Gasteiger partial charge on any atom is -0.384 e. The van der Waals surface area contributed by atoms with Crippen molar-refractivity contribution < 1.29 is 0 Å². The molecule has 0 atom stereocenters. The molecule has 2 rings (SSSR count). The Hall–Kier alpha value is -1.89. The predicted octanol–water partition coefficient (Wildman–Crippen LogP) is 0.954. The van der Waals surface area contributed by atoms with E-state index in [0.29, 0.717) is 15.7 Å². The average molecular weight is 248 g/mol.